The zero-order valence-electron chi connectivity index (χ0n) is 31.2. The fourth-order valence-corrected chi connectivity index (χ4v) is 7.12. The number of nitrogen functional groups attached to an aromatic ring is 2. The SMILES string of the molecule is Cl.Cn1c(CNc2ccc(C(=N)N)cc2)nc2cc(CC(C)(C)C(=O)C(C)(C)Cc3ccc4c(c3)nc(CNc3ccc(C(=N)N)cc3)n4C)ccc21. The summed E-state index contributed by atoms with van der Waals surface area (Å²) in [6, 6.07) is 27.5. The van der Waals surface area contributed by atoms with Gasteiger partial charge in [-0.25, -0.2) is 9.97 Å². The van der Waals surface area contributed by atoms with Gasteiger partial charge in [0.2, 0.25) is 0 Å². The Morgan fingerprint density at radius 3 is 1.34 bits per heavy atom. The molecule has 0 radical (unpaired) electrons. The molecule has 0 bridgehead atoms. The van der Waals surface area contributed by atoms with E-state index in [1.807, 2.05) is 90.3 Å². The van der Waals surface area contributed by atoms with Crippen molar-refractivity contribution in [2.75, 3.05) is 10.6 Å². The highest BCUT2D eigenvalue weighted by Gasteiger charge is 2.39. The molecule has 53 heavy (non-hydrogen) atoms. The molecule has 0 aliphatic rings. The van der Waals surface area contributed by atoms with E-state index >= 15 is 0 Å². The molecule has 276 valence electrons. The number of nitrogens with one attached hydrogen (secondary N) is 4. The van der Waals surface area contributed by atoms with Crippen molar-refractivity contribution in [1.82, 2.24) is 19.1 Å². The minimum atomic E-state index is -0.598. The van der Waals surface area contributed by atoms with Crippen molar-refractivity contribution in [3.63, 3.8) is 0 Å². The summed E-state index contributed by atoms with van der Waals surface area (Å²) >= 11 is 0. The molecule has 8 N–H and O–H groups in total. The Bertz CT molecular complexity index is 2140. The highest BCUT2D eigenvalue weighted by atomic mass is 35.5. The van der Waals surface area contributed by atoms with Crippen LogP contribution in [0.3, 0.4) is 0 Å². The number of carbonyl (C=O) groups is 1. The van der Waals surface area contributed by atoms with Crippen molar-refractivity contribution < 1.29 is 4.79 Å². The summed E-state index contributed by atoms with van der Waals surface area (Å²) < 4.78 is 4.17. The Morgan fingerprint density at radius 1 is 0.642 bits per heavy atom. The van der Waals surface area contributed by atoms with Gasteiger partial charge in [-0.3, -0.25) is 15.6 Å². The number of nitrogens with zero attached hydrogens (tertiary/aromatic N) is 4. The van der Waals surface area contributed by atoms with E-state index in [0.717, 1.165) is 56.2 Å². The fraction of sp³-hybridized carbons (Fsp3) is 0.293. The predicted molar refractivity (Wildman–Crippen MR) is 218 cm³/mol. The number of halogens is 1. The molecular weight excluding hydrogens is 684 g/mol. The zero-order valence-corrected chi connectivity index (χ0v) is 32.0. The van der Waals surface area contributed by atoms with Gasteiger partial charge in [0.25, 0.3) is 0 Å². The lowest BCUT2D eigenvalue weighted by Gasteiger charge is -2.33. The van der Waals surface area contributed by atoms with E-state index < -0.39 is 10.8 Å². The van der Waals surface area contributed by atoms with Gasteiger partial charge in [-0.2, -0.15) is 0 Å². The number of rotatable bonds is 14. The third-order valence-corrected chi connectivity index (χ3v) is 9.89. The molecule has 2 aromatic heterocycles. The number of nitrogens with two attached hydrogens (primary N) is 2. The van der Waals surface area contributed by atoms with E-state index in [-0.39, 0.29) is 29.9 Å². The summed E-state index contributed by atoms with van der Waals surface area (Å²) in [7, 11) is 4.02. The van der Waals surface area contributed by atoms with Crippen molar-refractivity contribution in [2.24, 2.45) is 36.4 Å². The first-order valence-corrected chi connectivity index (χ1v) is 17.4. The number of Topliss-reactive ketones (excluding diaryl/α,β-unsaturated/α-hetero) is 1. The summed E-state index contributed by atoms with van der Waals surface area (Å²) in [5, 5.41) is 22.0. The fourth-order valence-electron chi connectivity index (χ4n) is 7.12. The second-order valence-corrected chi connectivity index (χ2v) is 15.0. The highest BCUT2D eigenvalue weighted by molar-refractivity contribution is 5.95. The van der Waals surface area contributed by atoms with Crippen LogP contribution in [0.25, 0.3) is 22.1 Å². The van der Waals surface area contributed by atoms with E-state index in [9.17, 15) is 4.79 Å². The van der Waals surface area contributed by atoms with Gasteiger partial charge < -0.3 is 31.2 Å². The van der Waals surface area contributed by atoms with Gasteiger partial charge in [-0.15, -0.1) is 12.4 Å². The molecule has 0 fully saturated rings. The average Bonchev–Trinajstić information content (AvgIpc) is 3.59. The number of hydrogen-bond donors (Lipinski definition) is 6. The molecule has 0 spiro atoms. The van der Waals surface area contributed by atoms with Gasteiger partial charge in [0.05, 0.1) is 35.2 Å². The first-order chi connectivity index (χ1) is 24.6. The molecule has 12 heteroatoms. The Morgan fingerprint density at radius 2 is 1.00 bits per heavy atom. The lowest BCUT2D eigenvalue weighted by atomic mass is 9.68. The minimum Gasteiger partial charge on any atom is -0.384 e. The molecule has 11 nitrogen and oxygen atoms in total. The normalized spacial score (nSPS) is 11.7. The van der Waals surface area contributed by atoms with Crippen LogP contribution in [0, 0.1) is 21.6 Å². The maximum atomic E-state index is 14.2. The van der Waals surface area contributed by atoms with Crippen LogP contribution in [-0.2, 0) is 44.8 Å². The van der Waals surface area contributed by atoms with Crippen LogP contribution in [0.2, 0.25) is 0 Å². The van der Waals surface area contributed by atoms with Crippen molar-refractivity contribution in [3.8, 4) is 0 Å². The smallest absolute Gasteiger partial charge is 0.144 e. The van der Waals surface area contributed by atoms with Crippen LogP contribution in [0.1, 0.15) is 61.6 Å². The van der Waals surface area contributed by atoms with Gasteiger partial charge >= 0.3 is 0 Å². The Labute approximate surface area is 316 Å². The van der Waals surface area contributed by atoms with Gasteiger partial charge in [0.15, 0.2) is 0 Å². The number of imidazole rings is 2. The molecule has 0 aliphatic carbocycles. The molecule has 0 unspecified atom stereocenters. The number of fused-ring (bicyclic) bond motifs is 2. The third kappa shape index (κ3) is 8.36. The lowest BCUT2D eigenvalue weighted by Crippen LogP contribution is -2.39. The summed E-state index contributed by atoms with van der Waals surface area (Å²) in [5.74, 6) is 2.10. The van der Waals surface area contributed by atoms with E-state index in [2.05, 4.69) is 56.2 Å². The van der Waals surface area contributed by atoms with E-state index in [0.29, 0.717) is 37.1 Å². The molecule has 0 amide bonds. The zero-order chi connectivity index (χ0) is 37.4. The van der Waals surface area contributed by atoms with Crippen LogP contribution >= 0.6 is 12.4 Å². The minimum absolute atomic E-state index is 0. The quantitative estimate of drug-likeness (QED) is 0.0512. The number of amidine groups is 2. The average molecular weight is 733 g/mol. The molecule has 6 rings (SSSR count). The van der Waals surface area contributed by atoms with Crippen LogP contribution in [0.5, 0.6) is 0 Å². The van der Waals surface area contributed by atoms with Gasteiger partial charge in [-0.05, 0) is 96.8 Å². The molecule has 6 aromatic rings. The van der Waals surface area contributed by atoms with E-state index in [1.165, 1.54) is 0 Å². The summed E-state index contributed by atoms with van der Waals surface area (Å²) in [6.07, 6.45) is 1.20. The van der Waals surface area contributed by atoms with E-state index in [1.54, 1.807) is 0 Å². The number of ketones is 1. The molecule has 0 saturated carbocycles. The van der Waals surface area contributed by atoms with Crippen molar-refractivity contribution in [3.05, 3.63) is 119 Å². The summed E-state index contributed by atoms with van der Waals surface area (Å²) in [4.78, 5) is 24.0. The number of aryl methyl sites for hydroxylation is 2. The lowest BCUT2D eigenvalue weighted by molar-refractivity contribution is -0.135. The molecule has 0 atom stereocenters. The maximum Gasteiger partial charge on any atom is 0.144 e. The third-order valence-electron chi connectivity index (χ3n) is 9.89. The van der Waals surface area contributed by atoms with Gasteiger partial charge in [0, 0.05) is 47.4 Å². The van der Waals surface area contributed by atoms with Gasteiger partial charge in [-0.1, -0.05) is 39.8 Å². The van der Waals surface area contributed by atoms with Crippen LogP contribution in [0.15, 0.2) is 84.9 Å². The highest BCUT2D eigenvalue weighted by Crippen LogP contribution is 2.36. The number of aromatic nitrogens is 4. The Balaban J connectivity index is 0.00000541. The van der Waals surface area contributed by atoms with Crippen molar-refractivity contribution in [1.29, 1.82) is 10.8 Å². The number of anilines is 2. The van der Waals surface area contributed by atoms with E-state index in [4.69, 9.17) is 32.3 Å². The van der Waals surface area contributed by atoms with Crippen LogP contribution in [0.4, 0.5) is 11.4 Å². The topological polar surface area (TPSA) is 177 Å². The Hall–Kier alpha value is -5.68. The summed E-state index contributed by atoms with van der Waals surface area (Å²) in [6.45, 7) is 9.25. The first kappa shape index (κ1) is 38.5. The molecule has 2 heterocycles. The molecular formula is C41H49ClN10O. The monoisotopic (exact) mass is 732 g/mol. The standard InChI is InChI=1S/C41H48N10O.ClH/c1-40(2,21-25-7-17-33-31(19-25)48-35(50(33)5)23-46-29-13-9-27(10-14-29)37(42)43)39(52)41(3,4)22-26-8-18-34-32(20-26)49-36(51(34)6)24-47-30-15-11-28(12-16-30)38(44)45;/h7-20,46-47H,21-24H2,1-6H3,(H3,42,43)(H3,44,45);1H. The maximum absolute atomic E-state index is 14.2. The van der Waals surface area contributed by atoms with Crippen molar-refractivity contribution >= 4 is 63.3 Å². The van der Waals surface area contributed by atoms with Gasteiger partial charge in [0.1, 0.15) is 29.1 Å². The van der Waals surface area contributed by atoms with Crippen LogP contribution < -0.4 is 22.1 Å². The van der Waals surface area contributed by atoms with Crippen LogP contribution in [-0.4, -0.2) is 36.6 Å². The second-order valence-electron chi connectivity index (χ2n) is 15.0. The molecule has 0 aliphatic heterocycles. The largest absolute Gasteiger partial charge is 0.384 e. The Kier molecular flexibility index (Phi) is 11.0. The number of benzene rings is 4. The predicted octanol–water partition coefficient (Wildman–Crippen LogP) is 7.08. The molecule has 4 aromatic carbocycles. The molecule has 0 saturated heterocycles. The second kappa shape index (κ2) is 15.1. The first-order valence-electron chi connectivity index (χ1n) is 17.4. The summed E-state index contributed by atoms with van der Waals surface area (Å²) in [5.41, 5.74) is 19.2. The number of hydrogen-bond acceptors (Lipinski definition) is 7. The number of carbonyl (C=O) groups excluding carboxylic acids is 1. The van der Waals surface area contributed by atoms with Crippen molar-refractivity contribution in [2.45, 2.75) is 53.6 Å².